The van der Waals surface area contributed by atoms with Crippen LogP contribution in [-0.2, 0) is 0 Å². The highest BCUT2D eigenvalue weighted by molar-refractivity contribution is 9.10. The van der Waals surface area contributed by atoms with Crippen LogP contribution in [0.5, 0.6) is 0 Å². The van der Waals surface area contributed by atoms with Crippen LogP contribution in [0.15, 0.2) is 34.8 Å². The average molecular weight is 410 g/mol. The summed E-state index contributed by atoms with van der Waals surface area (Å²) in [6.07, 6.45) is 0. The lowest BCUT2D eigenvalue weighted by Gasteiger charge is -2.13. The maximum atomic E-state index is 13.9. The fraction of sp³-hybridized carbons (Fsp3) is 0.143. The normalized spacial score (nSPS) is 12.5. The minimum absolute atomic E-state index is 0.251. The molecule has 1 atom stereocenters. The molecule has 0 heterocycles. The van der Waals surface area contributed by atoms with Gasteiger partial charge in [-0.15, -0.1) is 0 Å². The van der Waals surface area contributed by atoms with Gasteiger partial charge in [0, 0.05) is 10.0 Å². The van der Waals surface area contributed by atoms with Crippen LogP contribution in [-0.4, -0.2) is 0 Å². The van der Waals surface area contributed by atoms with Gasteiger partial charge >= 0.3 is 0 Å². The molecular weight excluding hydrogens is 401 g/mol. The number of aryl methyl sites for hydroxylation is 1. The molecule has 100 valence electrons. The molecule has 1 unspecified atom stereocenters. The summed E-state index contributed by atoms with van der Waals surface area (Å²) in [6.45, 7) is 1.53. The number of alkyl halides is 1. The van der Waals surface area contributed by atoms with E-state index in [4.69, 9.17) is 11.6 Å². The van der Waals surface area contributed by atoms with Crippen molar-refractivity contribution < 1.29 is 8.78 Å². The van der Waals surface area contributed by atoms with E-state index >= 15 is 0 Å². The Morgan fingerprint density at radius 1 is 1.11 bits per heavy atom. The van der Waals surface area contributed by atoms with E-state index in [0.717, 1.165) is 10.0 Å². The van der Waals surface area contributed by atoms with Gasteiger partial charge in [0.25, 0.3) is 0 Å². The van der Waals surface area contributed by atoms with Gasteiger partial charge in [0.1, 0.15) is 11.6 Å². The van der Waals surface area contributed by atoms with Crippen molar-refractivity contribution in [2.45, 2.75) is 11.8 Å². The molecule has 0 amide bonds. The second-order valence-electron chi connectivity index (χ2n) is 4.16. The van der Waals surface area contributed by atoms with Gasteiger partial charge in [-0.1, -0.05) is 33.6 Å². The van der Waals surface area contributed by atoms with Crippen molar-refractivity contribution in [2.24, 2.45) is 0 Å². The van der Waals surface area contributed by atoms with Gasteiger partial charge in [0.2, 0.25) is 0 Å². The minimum atomic E-state index is -0.451. The summed E-state index contributed by atoms with van der Waals surface area (Å²) >= 11 is 12.7. The van der Waals surface area contributed by atoms with Crippen molar-refractivity contribution in [1.29, 1.82) is 0 Å². The number of benzene rings is 2. The molecule has 19 heavy (non-hydrogen) atoms. The molecule has 0 bridgehead atoms. The Bertz CT molecular complexity index is 629. The summed E-state index contributed by atoms with van der Waals surface area (Å²) in [5.74, 6) is -0.871. The minimum Gasteiger partial charge on any atom is -0.207 e. The zero-order chi connectivity index (χ0) is 14.2. The Morgan fingerprint density at radius 3 is 2.42 bits per heavy atom. The highest BCUT2D eigenvalue weighted by Crippen LogP contribution is 2.36. The Balaban J connectivity index is 2.46. The standard InChI is InChI=1S/C14H9Br2ClF2/c1-7-4-13(19)9(6-12(7)18)14(16)8-2-3-10(15)11(17)5-8/h2-6,14H,1H3. The molecule has 0 fully saturated rings. The predicted octanol–water partition coefficient (Wildman–Crippen LogP) is 6.17. The van der Waals surface area contributed by atoms with E-state index in [-0.39, 0.29) is 11.1 Å². The lowest BCUT2D eigenvalue weighted by Crippen LogP contribution is -1.99. The number of hydrogen-bond acceptors (Lipinski definition) is 0. The third-order valence-electron chi connectivity index (χ3n) is 2.79. The molecule has 0 spiro atoms. The number of rotatable bonds is 2. The Hall–Kier alpha value is -0.450. The Morgan fingerprint density at radius 2 is 1.79 bits per heavy atom. The SMILES string of the molecule is Cc1cc(F)c(C(Br)c2ccc(Br)c(Cl)c2)cc1F. The van der Waals surface area contributed by atoms with Crippen LogP contribution in [0.2, 0.25) is 5.02 Å². The molecule has 0 nitrogen and oxygen atoms in total. The summed E-state index contributed by atoms with van der Waals surface area (Å²) in [5.41, 5.74) is 1.30. The Kier molecular flexibility index (Phi) is 4.64. The molecule has 0 radical (unpaired) electrons. The van der Waals surface area contributed by atoms with Gasteiger partial charge in [-0.25, -0.2) is 8.78 Å². The van der Waals surface area contributed by atoms with Crippen LogP contribution in [0.25, 0.3) is 0 Å². The van der Waals surface area contributed by atoms with Crippen LogP contribution in [0, 0.1) is 18.6 Å². The third kappa shape index (κ3) is 3.18. The van der Waals surface area contributed by atoms with Crippen molar-refractivity contribution in [3.8, 4) is 0 Å². The molecule has 0 aliphatic heterocycles. The lowest BCUT2D eigenvalue weighted by molar-refractivity contribution is 0.581. The van der Waals surface area contributed by atoms with Crippen LogP contribution in [0.1, 0.15) is 21.5 Å². The second-order valence-corrected chi connectivity index (χ2v) is 6.34. The highest BCUT2D eigenvalue weighted by atomic mass is 79.9. The van der Waals surface area contributed by atoms with E-state index in [2.05, 4.69) is 31.9 Å². The van der Waals surface area contributed by atoms with Gasteiger partial charge in [-0.05, 0) is 58.2 Å². The number of halogens is 5. The molecule has 0 N–H and O–H groups in total. The molecule has 0 aliphatic rings. The van der Waals surface area contributed by atoms with Gasteiger partial charge < -0.3 is 0 Å². The van der Waals surface area contributed by atoms with Crippen molar-refractivity contribution in [1.82, 2.24) is 0 Å². The molecule has 0 saturated heterocycles. The molecule has 0 aromatic heterocycles. The zero-order valence-electron chi connectivity index (χ0n) is 9.85. The van der Waals surface area contributed by atoms with Crippen LogP contribution < -0.4 is 0 Å². The molecule has 2 rings (SSSR count). The van der Waals surface area contributed by atoms with E-state index in [9.17, 15) is 8.78 Å². The molecule has 0 aliphatic carbocycles. The third-order valence-corrected chi connectivity index (χ3v) is 5.04. The van der Waals surface area contributed by atoms with E-state index in [0.29, 0.717) is 5.02 Å². The molecule has 5 heteroatoms. The van der Waals surface area contributed by atoms with Crippen LogP contribution in [0.3, 0.4) is 0 Å². The summed E-state index contributed by atoms with van der Waals surface area (Å²) in [7, 11) is 0. The molecule has 2 aromatic rings. The largest absolute Gasteiger partial charge is 0.207 e. The van der Waals surface area contributed by atoms with Crippen LogP contribution >= 0.6 is 43.5 Å². The first kappa shape index (κ1) is 14.9. The first-order chi connectivity index (χ1) is 8.90. The second kappa shape index (κ2) is 5.90. The van der Waals surface area contributed by atoms with E-state index in [1.165, 1.54) is 19.1 Å². The maximum absolute atomic E-state index is 13.9. The average Bonchev–Trinajstić information content (AvgIpc) is 2.36. The fourth-order valence-corrected chi connectivity index (χ4v) is 2.78. The summed E-state index contributed by atoms with van der Waals surface area (Å²) < 4.78 is 28.2. The van der Waals surface area contributed by atoms with Gasteiger partial charge in [-0.2, -0.15) is 0 Å². The summed E-state index contributed by atoms with van der Waals surface area (Å²) in [6, 6.07) is 7.68. The lowest BCUT2D eigenvalue weighted by atomic mass is 10.0. The summed E-state index contributed by atoms with van der Waals surface area (Å²) in [5, 5.41) is 0.523. The smallest absolute Gasteiger partial charge is 0.128 e. The zero-order valence-corrected chi connectivity index (χ0v) is 13.8. The monoisotopic (exact) mass is 408 g/mol. The van der Waals surface area contributed by atoms with Crippen molar-refractivity contribution in [2.75, 3.05) is 0 Å². The Labute approximate surface area is 132 Å². The quantitative estimate of drug-likeness (QED) is 0.519. The molecule has 0 saturated carbocycles. The van der Waals surface area contributed by atoms with Crippen molar-refractivity contribution in [3.63, 3.8) is 0 Å². The topological polar surface area (TPSA) is 0 Å². The molecule has 2 aromatic carbocycles. The molecular formula is C14H9Br2ClF2. The predicted molar refractivity (Wildman–Crippen MR) is 81.0 cm³/mol. The maximum Gasteiger partial charge on any atom is 0.128 e. The van der Waals surface area contributed by atoms with Crippen molar-refractivity contribution >= 4 is 43.5 Å². The van der Waals surface area contributed by atoms with E-state index in [1.54, 1.807) is 18.2 Å². The van der Waals surface area contributed by atoms with Crippen LogP contribution in [0.4, 0.5) is 8.78 Å². The first-order valence-corrected chi connectivity index (χ1v) is 7.53. The van der Waals surface area contributed by atoms with Gasteiger partial charge in [-0.3, -0.25) is 0 Å². The van der Waals surface area contributed by atoms with Gasteiger partial charge in [0.05, 0.1) is 9.85 Å². The number of hydrogen-bond donors (Lipinski definition) is 0. The summed E-state index contributed by atoms with van der Waals surface area (Å²) in [4.78, 5) is -0.451. The fourth-order valence-electron chi connectivity index (χ4n) is 1.71. The van der Waals surface area contributed by atoms with E-state index < -0.39 is 16.5 Å². The van der Waals surface area contributed by atoms with E-state index in [1.807, 2.05) is 0 Å². The van der Waals surface area contributed by atoms with Crippen molar-refractivity contribution in [3.05, 3.63) is 68.2 Å². The van der Waals surface area contributed by atoms with Gasteiger partial charge in [0.15, 0.2) is 0 Å². The first-order valence-electron chi connectivity index (χ1n) is 5.44. The highest BCUT2D eigenvalue weighted by Gasteiger charge is 2.17.